The minimum absolute atomic E-state index is 0.0223. The molecule has 2 heterocycles. The van der Waals surface area contributed by atoms with Crippen molar-refractivity contribution in [2.75, 3.05) is 22.5 Å². The van der Waals surface area contributed by atoms with Gasteiger partial charge in [-0.25, -0.2) is 4.98 Å². The zero-order valence-electron chi connectivity index (χ0n) is 19.5. The summed E-state index contributed by atoms with van der Waals surface area (Å²) in [5.41, 5.74) is 12.5. The first-order valence-electron chi connectivity index (χ1n) is 11.6. The monoisotopic (exact) mass is 462 g/mol. The molecule has 0 spiro atoms. The first-order valence-corrected chi connectivity index (χ1v) is 11.6. The third-order valence-electron chi connectivity index (χ3n) is 6.20. The van der Waals surface area contributed by atoms with Crippen molar-refractivity contribution in [2.45, 2.75) is 19.8 Å². The molecular formula is C29H26N4O2. The quantitative estimate of drug-likeness (QED) is 0.436. The number of carbonyl (C=O) groups is 2. The fraction of sp³-hybridized carbons (Fsp3) is 0.138. The molecule has 3 aromatic carbocycles. The number of aromatic nitrogens is 1. The van der Waals surface area contributed by atoms with Gasteiger partial charge < -0.3 is 16.0 Å². The third kappa shape index (κ3) is 4.77. The maximum Gasteiger partial charge on any atom is 0.256 e. The molecule has 5 rings (SSSR count). The average Bonchev–Trinajstić information content (AvgIpc) is 3.28. The summed E-state index contributed by atoms with van der Waals surface area (Å²) in [5, 5.41) is 3.05. The van der Waals surface area contributed by atoms with E-state index in [0.29, 0.717) is 29.3 Å². The number of pyridine rings is 1. The number of rotatable bonds is 5. The average molecular weight is 463 g/mol. The van der Waals surface area contributed by atoms with Crippen molar-refractivity contribution in [3.63, 3.8) is 0 Å². The highest BCUT2D eigenvalue weighted by atomic mass is 16.2. The fourth-order valence-electron chi connectivity index (χ4n) is 4.50. The first-order chi connectivity index (χ1) is 17.0. The van der Waals surface area contributed by atoms with Gasteiger partial charge in [-0.05, 0) is 66.4 Å². The van der Waals surface area contributed by atoms with Gasteiger partial charge in [-0.1, -0.05) is 54.1 Å². The van der Waals surface area contributed by atoms with Crippen molar-refractivity contribution in [3.8, 4) is 11.1 Å². The van der Waals surface area contributed by atoms with Crippen LogP contribution in [0.2, 0.25) is 0 Å². The van der Waals surface area contributed by atoms with Crippen molar-refractivity contribution >= 4 is 29.0 Å². The molecule has 0 saturated heterocycles. The highest BCUT2D eigenvalue weighted by Gasteiger charge is 2.25. The molecule has 0 aliphatic carbocycles. The molecule has 2 amide bonds. The zero-order chi connectivity index (χ0) is 24.4. The summed E-state index contributed by atoms with van der Waals surface area (Å²) in [6.07, 6.45) is 0.924. The molecule has 1 aromatic heterocycles. The van der Waals surface area contributed by atoms with E-state index in [-0.39, 0.29) is 18.2 Å². The van der Waals surface area contributed by atoms with E-state index in [1.54, 1.807) is 23.1 Å². The molecule has 0 unspecified atom stereocenters. The molecule has 35 heavy (non-hydrogen) atoms. The molecule has 0 fully saturated rings. The van der Waals surface area contributed by atoms with Crippen LogP contribution < -0.4 is 16.0 Å². The number of nitrogens with zero attached hydrogens (tertiary/aromatic N) is 2. The first kappa shape index (κ1) is 22.3. The minimum atomic E-state index is -0.161. The fourth-order valence-corrected chi connectivity index (χ4v) is 4.50. The highest BCUT2D eigenvalue weighted by molar-refractivity contribution is 6.09. The molecule has 6 heteroatoms. The number of nitrogen functional groups attached to an aromatic ring is 1. The van der Waals surface area contributed by atoms with Crippen molar-refractivity contribution in [1.29, 1.82) is 0 Å². The van der Waals surface area contributed by atoms with E-state index < -0.39 is 0 Å². The van der Waals surface area contributed by atoms with Crippen LogP contribution in [0.4, 0.5) is 17.2 Å². The molecule has 0 radical (unpaired) electrons. The summed E-state index contributed by atoms with van der Waals surface area (Å²) < 4.78 is 0. The Morgan fingerprint density at radius 3 is 2.60 bits per heavy atom. The minimum Gasteiger partial charge on any atom is -0.384 e. The van der Waals surface area contributed by atoms with Gasteiger partial charge in [0.25, 0.3) is 5.91 Å². The molecular weight excluding hydrogens is 436 g/mol. The van der Waals surface area contributed by atoms with Gasteiger partial charge >= 0.3 is 0 Å². The SMILES string of the molecule is Cc1ccc(-c2ccccc2)c(C(=O)Nc2ccc3c(c2)CCN3C(=O)Cc2cccc(N)n2)c1. The highest BCUT2D eigenvalue weighted by Crippen LogP contribution is 2.32. The largest absolute Gasteiger partial charge is 0.384 e. The van der Waals surface area contributed by atoms with E-state index in [0.717, 1.165) is 34.4 Å². The Morgan fingerprint density at radius 2 is 1.80 bits per heavy atom. The Kier molecular flexibility index (Phi) is 6.02. The van der Waals surface area contributed by atoms with Gasteiger partial charge in [-0.3, -0.25) is 9.59 Å². The van der Waals surface area contributed by atoms with Crippen LogP contribution in [0.15, 0.2) is 84.9 Å². The second kappa shape index (κ2) is 9.43. The summed E-state index contributed by atoms with van der Waals surface area (Å²) in [4.78, 5) is 32.2. The van der Waals surface area contributed by atoms with E-state index in [2.05, 4.69) is 10.3 Å². The van der Waals surface area contributed by atoms with E-state index in [1.165, 1.54) is 0 Å². The van der Waals surface area contributed by atoms with Crippen molar-refractivity contribution in [2.24, 2.45) is 0 Å². The molecule has 6 nitrogen and oxygen atoms in total. The van der Waals surface area contributed by atoms with Gasteiger partial charge in [0.1, 0.15) is 5.82 Å². The predicted molar refractivity (Wildman–Crippen MR) is 139 cm³/mol. The van der Waals surface area contributed by atoms with E-state index >= 15 is 0 Å². The van der Waals surface area contributed by atoms with Gasteiger partial charge in [-0.15, -0.1) is 0 Å². The van der Waals surface area contributed by atoms with Gasteiger partial charge in [0.15, 0.2) is 0 Å². The second-order valence-electron chi connectivity index (χ2n) is 8.74. The number of nitrogens with one attached hydrogen (secondary N) is 1. The normalized spacial score (nSPS) is 12.3. The number of fused-ring (bicyclic) bond motifs is 1. The van der Waals surface area contributed by atoms with Crippen molar-refractivity contribution < 1.29 is 9.59 Å². The molecule has 1 aliphatic rings. The molecule has 0 atom stereocenters. The Bertz CT molecular complexity index is 1420. The zero-order valence-corrected chi connectivity index (χ0v) is 19.5. The molecule has 174 valence electrons. The van der Waals surface area contributed by atoms with Crippen LogP contribution in [0.3, 0.4) is 0 Å². The lowest BCUT2D eigenvalue weighted by Gasteiger charge is -2.18. The number of anilines is 3. The molecule has 0 bridgehead atoms. The van der Waals surface area contributed by atoms with Crippen LogP contribution in [-0.2, 0) is 17.6 Å². The Hall–Kier alpha value is -4.45. The van der Waals surface area contributed by atoms with Crippen LogP contribution >= 0.6 is 0 Å². The number of nitrogens with two attached hydrogens (primary N) is 1. The molecule has 1 aliphatic heterocycles. The Morgan fingerprint density at radius 1 is 0.971 bits per heavy atom. The number of aryl methyl sites for hydroxylation is 1. The van der Waals surface area contributed by atoms with E-state index in [1.807, 2.05) is 73.7 Å². The predicted octanol–water partition coefficient (Wildman–Crippen LogP) is 5.02. The van der Waals surface area contributed by atoms with Gasteiger partial charge in [-0.2, -0.15) is 0 Å². The van der Waals surface area contributed by atoms with Crippen LogP contribution in [0.5, 0.6) is 0 Å². The third-order valence-corrected chi connectivity index (χ3v) is 6.20. The Labute approximate surface area is 204 Å². The smallest absolute Gasteiger partial charge is 0.256 e. The summed E-state index contributed by atoms with van der Waals surface area (Å²) in [6, 6.07) is 26.8. The van der Waals surface area contributed by atoms with Crippen molar-refractivity contribution in [1.82, 2.24) is 4.98 Å². The lowest BCUT2D eigenvalue weighted by atomic mass is 9.97. The summed E-state index contributed by atoms with van der Waals surface area (Å²) in [5.74, 6) is 0.221. The molecule has 4 aromatic rings. The van der Waals surface area contributed by atoms with Gasteiger partial charge in [0.2, 0.25) is 5.91 Å². The molecule has 0 saturated carbocycles. The second-order valence-corrected chi connectivity index (χ2v) is 8.74. The molecule has 3 N–H and O–H groups in total. The Balaban J connectivity index is 1.34. The van der Waals surface area contributed by atoms with Gasteiger partial charge in [0.05, 0.1) is 12.1 Å². The summed E-state index contributed by atoms with van der Waals surface area (Å²) in [7, 11) is 0. The topological polar surface area (TPSA) is 88.3 Å². The van der Waals surface area contributed by atoms with Crippen LogP contribution in [0.25, 0.3) is 11.1 Å². The van der Waals surface area contributed by atoms with Gasteiger partial charge in [0, 0.05) is 23.5 Å². The number of carbonyl (C=O) groups excluding carboxylic acids is 2. The van der Waals surface area contributed by atoms with E-state index in [4.69, 9.17) is 5.73 Å². The van der Waals surface area contributed by atoms with Crippen molar-refractivity contribution in [3.05, 3.63) is 107 Å². The number of hydrogen-bond donors (Lipinski definition) is 2. The standard InChI is InChI=1S/C29H26N4O2/c1-19-10-12-24(20-6-3-2-4-7-20)25(16-19)29(35)32-23-11-13-26-21(17-23)14-15-33(26)28(34)18-22-8-5-9-27(30)31-22/h2-13,16-17H,14-15,18H2,1H3,(H2,30,31)(H,32,35). The van der Waals surface area contributed by atoms with Crippen LogP contribution in [0.1, 0.15) is 27.2 Å². The van der Waals surface area contributed by atoms with E-state index in [9.17, 15) is 9.59 Å². The summed E-state index contributed by atoms with van der Waals surface area (Å²) in [6.45, 7) is 2.58. The number of hydrogen-bond acceptors (Lipinski definition) is 4. The number of amides is 2. The maximum atomic E-state index is 13.3. The van der Waals surface area contributed by atoms with Crippen LogP contribution in [-0.4, -0.2) is 23.3 Å². The lowest BCUT2D eigenvalue weighted by Crippen LogP contribution is -2.30. The number of benzene rings is 3. The lowest BCUT2D eigenvalue weighted by molar-refractivity contribution is -0.117. The summed E-state index contributed by atoms with van der Waals surface area (Å²) >= 11 is 0. The van der Waals surface area contributed by atoms with Crippen LogP contribution in [0, 0.1) is 6.92 Å². The maximum absolute atomic E-state index is 13.3.